The third-order valence-electron chi connectivity index (χ3n) is 5.16. The van der Waals surface area contributed by atoms with E-state index < -0.39 is 0 Å². The Bertz CT molecular complexity index is 178. The molecule has 2 bridgehead atoms. The summed E-state index contributed by atoms with van der Waals surface area (Å²) >= 11 is 0. The van der Waals surface area contributed by atoms with Gasteiger partial charge in [-0.3, -0.25) is 0 Å². The van der Waals surface area contributed by atoms with Crippen molar-refractivity contribution in [2.75, 3.05) is 6.54 Å². The molecule has 16 heavy (non-hydrogen) atoms. The topological polar surface area (TPSA) is 26.0 Å². The molecule has 0 amide bonds. The molecule has 0 saturated heterocycles. The molecule has 0 unspecified atom stereocenters. The number of unbranched alkanes of at least 4 members (excludes halogenated alkanes) is 4. The third-order valence-corrected chi connectivity index (χ3v) is 5.16. The first kappa shape index (κ1) is 12.4. The summed E-state index contributed by atoms with van der Waals surface area (Å²) in [6, 6.07) is 0. The number of fused-ring (bicyclic) bond motifs is 3. The van der Waals surface area contributed by atoms with E-state index in [4.69, 9.17) is 5.73 Å². The second kappa shape index (κ2) is 6.05. The van der Waals surface area contributed by atoms with E-state index in [1.165, 1.54) is 38.5 Å². The quantitative estimate of drug-likeness (QED) is 0.641. The molecule has 0 heterocycles. The van der Waals surface area contributed by atoms with Crippen molar-refractivity contribution < 1.29 is 0 Å². The maximum absolute atomic E-state index is 5.51. The first-order valence-electron chi connectivity index (χ1n) is 7.55. The fraction of sp³-hybridized carbons (Fsp3) is 1.00. The van der Waals surface area contributed by atoms with Crippen molar-refractivity contribution in [2.24, 2.45) is 17.1 Å². The summed E-state index contributed by atoms with van der Waals surface area (Å²) < 4.78 is 0. The molecule has 3 saturated carbocycles. The zero-order chi connectivity index (χ0) is 11.3. The Morgan fingerprint density at radius 1 is 0.812 bits per heavy atom. The van der Waals surface area contributed by atoms with Gasteiger partial charge < -0.3 is 5.73 Å². The Labute approximate surface area is 101 Å². The van der Waals surface area contributed by atoms with Gasteiger partial charge in [-0.15, -0.1) is 0 Å². The summed E-state index contributed by atoms with van der Waals surface area (Å²) in [4.78, 5) is 0. The molecule has 3 fully saturated rings. The van der Waals surface area contributed by atoms with Gasteiger partial charge in [0, 0.05) is 0 Å². The van der Waals surface area contributed by atoms with Crippen LogP contribution in [0.25, 0.3) is 0 Å². The fourth-order valence-corrected chi connectivity index (χ4v) is 3.89. The average Bonchev–Trinajstić information content (AvgIpc) is 2.36. The molecule has 3 aliphatic carbocycles. The Balaban J connectivity index is 1.58. The Morgan fingerprint density at radius 2 is 1.38 bits per heavy atom. The van der Waals surface area contributed by atoms with Gasteiger partial charge in [0.15, 0.2) is 0 Å². The van der Waals surface area contributed by atoms with Crippen LogP contribution in [0.15, 0.2) is 0 Å². The van der Waals surface area contributed by atoms with E-state index >= 15 is 0 Å². The molecule has 0 spiro atoms. The summed E-state index contributed by atoms with van der Waals surface area (Å²) in [5, 5.41) is 0. The zero-order valence-corrected chi connectivity index (χ0v) is 10.8. The molecular formula is C15H29N. The van der Waals surface area contributed by atoms with Crippen molar-refractivity contribution in [3.8, 4) is 0 Å². The molecular weight excluding hydrogens is 194 g/mol. The minimum Gasteiger partial charge on any atom is -0.330 e. The van der Waals surface area contributed by atoms with E-state index in [9.17, 15) is 0 Å². The van der Waals surface area contributed by atoms with Crippen molar-refractivity contribution in [1.29, 1.82) is 0 Å². The second-order valence-electron chi connectivity index (χ2n) is 6.29. The van der Waals surface area contributed by atoms with E-state index in [1.54, 1.807) is 38.5 Å². The van der Waals surface area contributed by atoms with Crippen LogP contribution < -0.4 is 5.73 Å². The van der Waals surface area contributed by atoms with Crippen molar-refractivity contribution in [1.82, 2.24) is 0 Å². The lowest BCUT2D eigenvalue weighted by Gasteiger charge is -2.47. The highest BCUT2D eigenvalue weighted by molar-refractivity contribution is 4.91. The number of nitrogens with two attached hydrogens (primary N) is 1. The van der Waals surface area contributed by atoms with Crippen LogP contribution in [-0.4, -0.2) is 6.54 Å². The number of hydrogen-bond donors (Lipinski definition) is 1. The van der Waals surface area contributed by atoms with Crippen LogP contribution in [0.3, 0.4) is 0 Å². The smallest absolute Gasteiger partial charge is 0.00773 e. The zero-order valence-electron chi connectivity index (χ0n) is 10.8. The van der Waals surface area contributed by atoms with Gasteiger partial charge in [0.2, 0.25) is 0 Å². The summed E-state index contributed by atoms with van der Waals surface area (Å²) in [6.07, 6.45) is 17.8. The summed E-state index contributed by atoms with van der Waals surface area (Å²) in [7, 11) is 0. The first-order valence-corrected chi connectivity index (χ1v) is 7.55. The van der Waals surface area contributed by atoms with E-state index in [2.05, 4.69) is 0 Å². The van der Waals surface area contributed by atoms with Crippen LogP contribution in [0.4, 0.5) is 0 Å². The minimum absolute atomic E-state index is 0.808. The van der Waals surface area contributed by atoms with E-state index in [0.717, 1.165) is 17.9 Å². The predicted molar refractivity (Wildman–Crippen MR) is 70.4 cm³/mol. The molecule has 1 nitrogen and oxygen atoms in total. The van der Waals surface area contributed by atoms with Gasteiger partial charge in [-0.25, -0.2) is 0 Å². The molecule has 0 aromatic carbocycles. The van der Waals surface area contributed by atoms with Crippen LogP contribution in [0.5, 0.6) is 0 Å². The SMILES string of the molecule is NCCCCCCCC12CCC(CC1)CC2. The van der Waals surface area contributed by atoms with E-state index in [1.807, 2.05) is 0 Å². The molecule has 3 aliphatic rings. The fourth-order valence-electron chi connectivity index (χ4n) is 3.89. The summed E-state index contributed by atoms with van der Waals surface area (Å²) in [6.45, 7) is 0.880. The third kappa shape index (κ3) is 3.23. The molecule has 2 N–H and O–H groups in total. The standard InChI is InChI=1S/C15H29N/c16-13-5-3-1-2-4-9-15-10-6-14(7-11-15)8-12-15/h14H,1-13,16H2. The Hall–Kier alpha value is -0.0400. The summed E-state index contributed by atoms with van der Waals surface area (Å²) in [5.41, 5.74) is 6.32. The van der Waals surface area contributed by atoms with Crippen molar-refractivity contribution >= 4 is 0 Å². The molecule has 0 aromatic rings. The number of rotatable bonds is 7. The van der Waals surface area contributed by atoms with Gasteiger partial charge in [-0.1, -0.05) is 25.7 Å². The van der Waals surface area contributed by atoms with Crippen LogP contribution in [0.2, 0.25) is 0 Å². The maximum Gasteiger partial charge on any atom is -0.00773 e. The van der Waals surface area contributed by atoms with Crippen molar-refractivity contribution in [2.45, 2.75) is 77.0 Å². The van der Waals surface area contributed by atoms with Gasteiger partial charge in [0.05, 0.1) is 0 Å². The largest absolute Gasteiger partial charge is 0.330 e. The molecule has 0 aromatic heterocycles. The van der Waals surface area contributed by atoms with E-state index in [0.29, 0.717) is 0 Å². The van der Waals surface area contributed by atoms with Gasteiger partial charge in [-0.2, -0.15) is 0 Å². The lowest BCUT2D eigenvalue weighted by molar-refractivity contribution is 0.0540. The normalized spacial score (nSPS) is 33.2. The summed E-state index contributed by atoms with van der Waals surface area (Å²) in [5.74, 6) is 1.12. The van der Waals surface area contributed by atoms with Crippen LogP contribution in [-0.2, 0) is 0 Å². The molecule has 1 heteroatoms. The monoisotopic (exact) mass is 223 g/mol. The number of hydrogen-bond acceptors (Lipinski definition) is 1. The lowest BCUT2D eigenvalue weighted by Crippen LogP contribution is -2.33. The van der Waals surface area contributed by atoms with Crippen molar-refractivity contribution in [3.05, 3.63) is 0 Å². The minimum atomic E-state index is 0.808. The molecule has 0 atom stereocenters. The average molecular weight is 223 g/mol. The second-order valence-corrected chi connectivity index (χ2v) is 6.29. The van der Waals surface area contributed by atoms with Crippen LogP contribution in [0.1, 0.15) is 77.0 Å². The highest BCUT2D eigenvalue weighted by Crippen LogP contribution is 2.52. The van der Waals surface area contributed by atoms with Crippen molar-refractivity contribution in [3.63, 3.8) is 0 Å². The van der Waals surface area contributed by atoms with Crippen LogP contribution in [0, 0.1) is 11.3 Å². The maximum atomic E-state index is 5.51. The van der Waals surface area contributed by atoms with Gasteiger partial charge in [0.1, 0.15) is 0 Å². The Morgan fingerprint density at radius 3 is 2.00 bits per heavy atom. The highest BCUT2D eigenvalue weighted by Gasteiger charge is 2.39. The lowest BCUT2D eigenvalue weighted by atomic mass is 9.59. The highest BCUT2D eigenvalue weighted by atomic mass is 14.5. The van der Waals surface area contributed by atoms with Crippen LogP contribution >= 0.6 is 0 Å². The van der Waals surface area contributed by atoms with E-state index in [-0.39, 0.29) is 0 Å². The molecule has 94 valence electrons. The van der Waals surface area contributed by atoms with Gasteiger partial charge >= 0.3 is 0 Å². The molecule has 3 rings (SSSR count). The molecule has 0 radical (unpaired) electrons. The Kier molecular flexibility index (Phi) is 4.69. The first-order chi connectivity index (χ1) is 7.85. The predicted octanol–water partition coefficient (Wildman–Crippen LogP) is 4.26. The van der Waals surface area contributed by atoms with Gasteiger partial charge in [0.25, 0.3) is 0 Å². The van der Waals surface area contributed by atoms with Gasteiger partial charge in [-0.05, 0) is 69.2 Å². The molecule has 0 aliphatic heterocycles.